The van der Waals surface area contributed by atoms with Gasteiger partial charge in [0.2, 0.25) is 5.91 Å². The summed E-state index contributed by atoms with van der Waals surface area (Å²) in [6.45, 7) is 8.55. The molecule has 0 aliphatic carbocycles. The Kier molecular flexibility index (Phi) is 7.45. The molecule has 0 saturated carbocycles. The van der Waals surface area contributed by atoms with Crippen LogP contribution in [0.25, 0.3) is 0 Å². The van der Waals surface area contributed by atoms with Crippen LogP contribution in [0.1, 0.15) is 39.2 Å². The monoisotopic (exact) mass is 362 g/mol. The van der Waals surface area contributed by atoms with Crippen molar-refractivity contribution in [3.8, 4) is 5.75 Å². The molecule has 144 valence electrons. The number of carbonyl (C=O) groups is 2. The third kappa shape index (κ3) is 5.73. The summed E-state index contributed by atoms with van der Waals surface area (Å²) >= 11 is 0. The largest absolute Gasteiger partial charge is 0.492 e. The lowest BCUT2D eigenvalue weighted by Crippen LogP contribution is -2.39. The van der Waals surface area contributed by atoms with Crippen molar-refractivity contribution >= 4 is 17.6 Å². The molecule has 2 rings (SSSR count). The van der Waals surface area contributed by atoms with E-state index in [0.717, 1.165) is 37.9 Å². The highest BCUT2D eigenvalue weighted by Crippen LogP contribution is 2.27. The van der Waals surface area contributed by atoms with Crippen LogP contribution in [0.5, 0.6) is 5.75 Å². The lowest BCUT2D eigenvalue weighted by Gasteiger charge is -2.30. The molecule has 2 N–H and O–H groups in total. The van der Waals surface area contributed by atoms with Gasteiger partial charge in [0.25, 0.3) is 0 Å². The molecular weight excluding hydrogens is 332 g/mol. The Bertz CT molecular complexity index is 630. The molecule has 1 fully saturated rings. The van der Waals surface area contributed by atoms with Crippen LogP contribution in [-0.4, -0.2) is 48.1 Å². The number of rotatable bonds is 8. The number of benzene rings is 1. The number of carboxylic acids is 1. The van der Waals surface area contributed by atoms with Crippen molar-refractivity contribution in [3.05, 3.63) is 23.8 Å². The van der Waals surface area contributed by atoms with E-state index in [1.165, 1.54) is 0 Å². The number of nitrogens with zero attached hydrogens (tertiary/aromatic N) is 1. The Morgan fingerprint density at radius 3 is 2.81 bits per heavy atom. The van der Waals surface area contributed by atoms with Gasteiger partial charge in [-0.05, 0) is 50.4 Å². The number of amides is 1. The molecule has 1 amide bonds. The highest BCUT2D eigenvalue weighted by atomic mass is 16.5. The molecule has 1 heterocycles. The van der Waals surface area contributed by atoms with Crippen LogP contribution in [-0.2, 0) is 16.0 Å². The lowest BCUT2D eigenvalue weighted by atomic mass is 9.98. The SMILES string of the molecule is CCOc1cc(CCN2CCCC(C(=O)O)C2)ccc1NC(=O)C(C)C. The van der Waals surface area contributed by atoms with E-state index in [9.17, 15) is 14.7 Å². The normalized spacial score (nSPS) is 17.9. The number of hydrogen-bond acceptors (Lipinski definition) is 4. The first-order chi connectivity index (χ1) is 12.4. The van der Waals surface area contributed by atoms with Crippen LogP contribution < -0.4 is 10.1 Å². The van der Waals surface area contributed by atoms with Gasteiger partial charge < -0.3 is 20.1 Å². The molecule has 26 heavy (non-hydrogen) atoms. The second-order valence-electron chi connectivity index (χ2n) is 7.14. The highest BCUT2D eigenvalue weighted by molar-refractivity contribution is 5.93. The standard InChI is InChI=1S/C20H30N2O4/c1-4-26-18-12-15(7-8-17(18)21-19(23)14(2)3)9-11-22-10-5-6-16(13-22)20(24)25/h7-8,12,14,16H,4-6,9-11,13H2,1-3H3,(H,21,23)(H,24,25). The van der Waals surface area contributed by atoms with Gasteiger partial charge in [0.05, 0.1) is 18.2 Å². The maximum atomic E-state index is 12.0. The summed E-state index contributed by atoms with van der Waals surface area (Å²) in [5.41, 5.74) is 1.81. The number of aliphatic carboxylic acids is 1. The van der Waals surface area contributed by atoms with Crippen molar-refractivity contribution in [1.82, 2.24) is 4.90 Å². The molecule has 1 atom stereocenters. The molecule has 1 aliphatic heterocycles. The van der Waals surface area contributed by atoms with Crippen LogP contribution in [0.3, 0.4) is 0 Å². The zero-order valence-corrected chi connectivity index (χ0v) is 16.0. The summed E-state index contributed by atoms with van der Waals surface area (Å²) in [6.07, 6.45) is 2.52. The molecule has 6 heteroatoms. The van der Waals surface area contributed by atoms with Gasteiger partial charge >= 0.3 is 5.97 Å². The number of hydrogen-bond donors (Lipinski definition) is 2. The van der Waals surface area contributed by atoms with Crippen LogP contribution in [0.15, 0.2) is 18.2 Å². The Morgan fingerprint density at radius 1 is 1.38 bits per heavy atom. The number of carbonyl (C=O) groups excluding carboxylic acids is 1. The highest BCUT2D eigenvalue weighted by Gasteiger charge is 2.25. The molecular formula is C20H30N2O4. The molecule has 6 nitrogen and oxygen atoms in total. The Hall–Kier alpha value is -2.08. The molecule has 1 aromatic carbocycles. The van der Waals surface area contributed by atoms with E-state index in [-0.39, 0.29) is 17.7 Å². The zero-order valence-electron chi connectivity index (χ0n) is 16.0. The van der Waals surface area contributed by atoms with E-state index < -0.39 is 5.97 Å². The van der Waals surface area contributed by atoms with Crippen LogP contribution in [0, 0.1) is 11.8 Å². The molecule has 0 bridgehead atoms. The number of nitrogens with one attached hydrogen (secondary N) is 1. The van der Waals surface area contributed by atoms with Gasteiger partial charge in [-0.3, -0.25) is 9.59 Å². The minimum atomic E-state index is -0.696. The zero-order chi connectivity index (χ0) is 19.1. The topological polar surface area (TPSA) is 78.9 Å². The molecule has 0 radical (unpaired) electrons. The van der Waals surface area contributed by atoms with Crippen molar-refractivity contribution in [3.63, 3.8) is 0 Å². The second-order valence-corrected chi connectivity index (χ2v) is 7.14. The van der Waals surface area contributed by atoms with Gasteiger partial charge in [-0.15, -0.1) is 0 Å². The summed E-state index contributed by atoms with van der Waals surface area (Å²) < 4.78 is 5.69. The maximum Gasteiger partial charge on any atom is 0.307 e. The fourth-order valence-corrected chi connectivity index (χ4v) is 3.12. The molecule has 1 aromatic rings. The van der Waals surface area contributed by atoms with Crippen molar-refractivity contribution < 1.29 is 19.4 Å². The Labute approximate surface area is 155 Å². The summed E-state index contributed by atoms with van der Waals surface area (Å²) in [5, 5.41) is 12.1. The lowest BCUT2D eigenvalue weighted by molar-refractivity contribution is -0.143. The van der Waals surface area contributed by atoms with Crippen LogP contribution in [0.4, 0.5) is 5.69 Å². The van der Waals surface area contributed by atoms with Gasteiger partial charge in [-0.25, -0.2) is 0 Å². The average molecular weight is 362 g/mol. The van der Waals surface area contributed by atoms with Gasteiger partial charge in [-0.1, -0.05) is 19.9 Å². The van der Waals surface area contributed by atoms with E-state index >= 15 is 0 Å². The van der Waals surface area contributed by atoms with Crippen molar-refractivity contribution in [1.29, 1.82) is 0 Å². The van der Waals surface area contributed by atoms with Crippen LogP contribution in [0.2, 0.25) is 0 Å². The third-order valence-corrected chi connectivity index (χ3v) is 4.70. The molecule has 0 aromatic heterocycles. The molecule has 1 saturated heterocycles. The molecule has 0 spiro atoms. The smallest absolute Gasteiger partial charge is 0.307 e. The first-order valence-electron chi connectivity index (χ1n) is 9.42. The number of carboxylic acid groups (broad SMARTS) is 1. The summed E-state index contributed by atoms with van der Waals surface area (Å²) in [5.74, 6) is -0.395. The average Bonchev–Trinajstić information content (AvgIpc) is 2.62. The van der Waals surface area contributed by atoms with Gasteiger partial charge in [0.15, 0.2) is 0 Å². The van der Waals surface area contributed by atoms with Gasteiger partial charge in [0.1, 0.15) is 5.75 Å². The first-order valence-corrected chi connectivity index (χ1v) is 9.42. The number of ether oxygens (including phenoxy) is 1. The van der Waals surface area contributed by atoms with E-state index in [1.807, 2.05) is 39.0 Å². The maximum absolute atomic E-state index is 12.0. The Balaban J connectivity index is 2.00. The second kappa shape index (κ2) is 9.57. The van der Waals surface area contributed by atoms with Crippen molar-refractivity contribution in [2.45, 2.75) is 40.0 Å². The molecule has 1 unspecified atom stereocenters. The fraction of sp³-hybridized carbons (Fsp3) is 0.600. The van der Waals surface area contributed by atoms with Crippen molar-refractivity contribution in [2.75, 3.05) is 31.6 Å². The summed E-state index contributed by atoms with van der Waals surface area (Å²) in [4.78, 5) is 25.4. The predicted molar refractivity (Wildman–Crippen MR) is 102 cm³/mol. The quantitative estimate of drug-likeness (QED) is 0.743. The predicted octanol–water partition coefficient (Wildman–Crippen LogP) is 3.02. The number of likely N-dealkylation sites (tertiary alicyclic amines) is 1. The number of piperidine rings is 1. The van der Waals surface area contributed by atoms with E-state index in [4.69, 9.17) is 4.74 Å². The van der Waals surface area contributed by atoms with E-state index in [2.05, 4.69) is 10.2 Å². The van der Waals surface area contributed by atoms with Gasteiger partial charge in [0, 0.05) is 19.0 Å². The first kappa shape index (κ1) is 20.2. The summed E-state index contributed by atoms with van der Waals surface area (Å²) in [6, 6.07) is 5.85. The Morgan fingerprint density at radius 2 is 2.15 bits per heavy atom. The third-order valence-electron chi connectivity index (χ3n) is 4.70. The van der Waals surface area contributed by atoms with Gasteiger partial charge in [-0.2, -0.15) is 0 Å². The van der Waals surface area contributed by atoms with Crippen molar-refractivity contribution in [2.24, 2.45) is 11.8 Å². The molecule has 1 aliphatic rings. The van der Waals surface area contributed by atoms with E-state index in [1.54, 1.807) is 0 Å². The minimum absolute atomic E-state index is 0.0354. The summed E-state index contributed by atoms with van der Waals surface area (Å²) in [7, 11) is 0. The van der Waals surface area contributed by atoms with E-state index in [0.29, 0.717) is 24.6 Å². The fourth-order valence-electron chi connectivity index (χ4n) is 3.12. The minimum Gasteiger partial charge on any atom is -0.492 e. The van der Waals surface area contributed by atoms with Crippen LogP contribution >= 0.6 is 0 Å². The number of anilines is 1.